The Kier molecular flexibility index (Phi) is 8.24. The molecule has 0 saturated carbocycles. The van der Waals surface area contributed by atoms with Gasteiger partial charge in [0, 0.05) is 25.9 Å². The van der Waals surface area contributed by atoms with E-state index in [-0.39, 0.29) is 36.5 Å². The number of carbonyl (C=O) groups excluding carboxylic acids is 1. The molecule has 214 valence electrons. The van der Waals surface area contributed by atoms with Crippen LogP contribution < -0.4 is 5.73 Å². The summed E-state index contributed by atoms with van der Waals surface area (Å²) in [6.45, 7) is 2.52. The number of hydrogen-bond donors (Lipinski definition) is 2. The van der Waals surface area contributed by atoms with Gasteiger partial charge in [-0.2, -0.15) is 5.10 Å². The van der Waals surface area contributed by atoms with Gasteiger partial charge in [0.1, 0.15) is 17.3 Å². The van der Waals surface area contributed by atoms with Gasteiger partial charge in [-0.3, -0.25) is 19.0 Å². The van der Waals surface area contributed by atoms with Crippen LogP contribution in [0.15, 0.2) is 43.4 Å². The Labute approximate surface area is 229 Å². The highest BCUT2D eigenvalue weighted by Gasteiger charge is 2.39. The van der Waals surface area contributed by atoms with Crippen LogP contribution in [0.5, 0.6) is 0 Å². The van der Waals surface area contributed by atoms with Gasteiger partial charge in [-0.25, -0.2) is 14.4 Å². The summed E-state index contributed by atoms with van der Waals surface area (Å²) >= 11 is 0. The Bertz CT molecular complexity index is 1690. The molecule has 0 aliphatic carbocycles. The molecule has 0 spiro atoms. The van der Waals surface area contributed by atoms with Crippen molar-refractivity contribution in [1.82, 2.24) is 29.2 Å². The zero-order chi connectivity index (χ0) is 29.9. The zero-order valence-electron chi connectivity index (χ0n) is 21.5. The van der Waals surface area contributed by atoms with Crippen molar-refractivity contribution in [2.45, 2.75) is 24.9 Å². The maximum Gasteiger partial charge on any atom is 0.522 e. The fourth-order valence-corrected chi connectivity index (χ4v) is 4.65. The Morgan fingerprint density at radius 3 is 2.71 bits per heavy atom. The van der Waals surface area contributed by atoms with Crippen LogP contribution in [-0.4, -0.2) is 72.3 Å². The molecule has 5 rings (SSSR count). The molecule has 0 radical (unpaired) electrons. The molecule has 15 heteroatoms. The summed E-state index contributed by atoms with van der Waals surface area (Å²) in [6.07, 6.45) is -0.635. The maximum atomic E-state index is 14.7. The Hall–Kier alpha value is -4.97. The molecule has 4 heterocycles. The first kappa shape index (κ1) is 29.0. The molecule has 41 heavy (non-hydrogen) atoms. The number of anilines is 1. The number of nitrogens with zero attached hydrogens (tertiary/aromatic N) is 6. The molecule has 4 aromatic rings. The molecule has 1 fully saturated rings. The fraction of sp³-hybridized carbons (Fsp3) is 0.269. The van der Waals surface area contributed by atoms with Crippen molar-refractivity contribution in [3.8, 4) is 11.8 Å². The van der Waals surface area contributed by atoms with Crippen molar-refractivity contribution in [2.24, 2.45) is 7.05 Å². The first-order valence-electron chi connectivity index (χ1n) is 11.9. The van der Waals surface area contributed by atoms with Crippen molar-refractivity contribution in [1.29, 1.82) is 0 Å². The van der Waals surface area contributed by atoms with Gasteiger partial charge < -0.3 is 20.3 Å². The topological polar surface area (TPSA) is 141 Å². The number of imidazole rings is 1. The van der Waals surface area contributed by atoms with Gasteiger partial charge in [0.05, 0.1) is 52.5 Å². The first-order chi connectivity index (χ1) is 19.5. The molecule has 1 amide bonds. The highest BCUT2D eigenvalue weighted by molar-refractivity contribution is 5.93. The van der Waals surface area contributed by atoms with E-state index in [9.17, 15) is 22.4 Å². The number of rotatable bonds is 4. The molecule has 3 N–H and O–H groups in total. The summed E-state index contributed by atoms with van der Waals surface area (Å²) in [4.78, 5) is 30.3. The number of halogens is 4. The minimum Gasteiger partial charge on any atom is -0.483 e. The predicted molar refractivity (Wildman–Crippen MR) is 139 cm³/mol. The number of likely N-dealkylation sites (tertiary alicyclic amines) is 1. The first-order valence-corrected chi connectivity index (χ1v) is 11.9. The number of fused-ring (bicyclic) bond motifs is 2. The maximum absolute atomic E-state index is 14.7. The lowest BCUT2D eigenvalue weighted by Crippen LogP contribution is -2.38. The van der Waals surface area contributed by atoms with Crippen molar-refractivity contribution >= 4 is 40.1 Å². The van der Waals surface area contributed by atoms with E-state index >= 15 is 0 Å². The molecule has 1 aromatic carbocycles. The highest BCUT2D eigenvalue weighted by atomic mass is 19.4. The number of ether oxygens (including phenoxy) is 1. The van der Waals surface area contributed by atoms with Crippen molar-refractivity contribution in [3.05, 3.63) is 60.5 Å². The van der Waals surface area contributed by atoms with Gasteiger partial charge in [0.2, 0.25) is 5.91 Å². The summed E-state index contributed by atoms with van der Waals surface area (Å²) in [5.41, 5.74) is 8.14. The largest absolute Gasteiger partial charge is 0.522 e. The Morgan fingerprint density at radius 2 is 2.02 bits per heavy atom. The lowest BCUT2D eigenvalue weighted by Gasteiger charge is -2.23. The van der Waals surface area contributed by atoms with Crippen LogP contribution in [-0.2, 0) is 21.4 Å². The molecule has 1 aliphatic rings. The van der Waals surface area contributed by atoms with Gasteiger partial charge in [0.25, 0.3) is 6.47 Å². The lowest BCUT2D eigenvalue weighted by molar-refractivity contribution is -0.327. The minimum atomic E-state index is -4.84. The molecule has 1 aliphatic heterocycles. The van der Waals surface area contributed by atoms with E-state index in [4.69, 9.17) is 15.6 Å². The van der Waals surface area contributed by atoms with Crippen LogP contribution in [0.25, 0.3) is 21.9 Å². The van der Waals surface area contributed by atoms with Crippen molar-refractivity contribution in [3.63, 3.8) is 0 Å². The third kappa shape index (κ3) is 6.12. The number of aromatic nitrogens is 5. The van der Waals surface area contributed by atoms with Gasteiger partial charge >= 0.3 is 6.36 Å². The third-order valence-electron chi connectivity index (χ3n) is 6.41. The second-order valence-corrected chi connectivity index (χ2v) is 8.91. The molecular weight excluding hydrogens is 550 g/mol. The molecule has 0 unspecified atom stereocenters. The fourth-order valence-electron chi connectivity index (χ4n) is 4.65. The second-order valence-electron chi connectivity index (χ2n) is 8.91. The van der Waals surface area contributed by atoms with Crippen molar-refractivity contribution in [2.75, 3.05) is 18.9 Å². The summed E-state index contributed by atoms with van der Waals surface area (Å²) in [6, 6.07) is 3.14. The van der Waals surface area contributed by atoms with Crippen molar-refractivity contribution < 1.29 is 37.0 Å². The van der Waals surface area contributed by atoms with E-state index in [1.807, 2.05) is 0 Å². The van der Waals surface area contributed by atoms with E-state index in [1.165, 1.54) is 23.2 Å². The second kappa shape index (κ2) is 11.6. The monoisotopic (exact) mass is 573 g/mol. The van der Waals surface area contributed by atoms with E-state index in [1.54, 1.807) is 28.7 Å². The number of alkyl halides is 3. The average Bonchev–Trinajstić information content (AvgIpc) is 3.62. The highest BCUT2D eigenvalue weighted by Crippen LogP contribution is 2.33. The van der Waals surface area contributed by atoms with Crippen LogP contribution >= 0.6 is 0 Å². The van der Waals surface area contributed by atoms with E-state index < -0.39 is 36.8 Å². The molecule has 0 bridgehead atoms. The van der Waals surface area contributed by atoms with E-state index in [0.29, 0.717) is 21.9 Å². The number of hydrogen-bond acceptors (Lipinski definition) is 7. The zero-order valence-corrected chi connectivity index (χ0v) is 21.5. The normalized spacial score (nSPS) is 16.7. The van der Waals surface area contributed by atoms with Crippen LogP contribution in [0.2, 0.25) is 0 Å². The number of pyridine rings is 1. The number of carboxylic acid groups (broad SMARTS) is 1. The SMILES string of the molecule is C=CC(=O)N1C[C@@H](n2nc(C#Cc3cc4ncn(C)c4cc3F)c3c(N)nccc32)C[C@@H]1COC(F)(F)F.O=CO. The number of benzene rings is 1. The minimum absolute atomic E-state index is 0.0631. The number of carbonyl (C=O) groups is 2. The average molecular weight is 574 g/mol. The summed E-state index contributed by atoms with van der Waals surface area (Å²) < 4.78 is 60.1. The number of amides is 1. The molecule has 3 aromatic heterocycles. The molecular formula is C26H23F4N7O4. The summed E-state index contributed by atoms with van der Waals surface area (Å²) in [5, 5.41) is 11.9. The number of aryl methyl sites for hydroxylation is 1. The van der Waals surface area contributed by atoms with Gasteiger partial charge in [0.15, 0.2) is 0 Å². The summed E-state index contributed by atoms with van der Waals surface area (Å²) in [7, 11) is 1.75. The lowest BCUT2D eigenvalue weighted by atomic mass is 10.1. The van der Waals surface area contributed by atoms with Gasteiger partial charge in [-0.15, -0.1) is 13.2 Å². The van der Waals surface area contributed by atoms with Crippen LogP contribution in [0.1, 0.15) is 23.7 Å². The standard InChI is InChI=1S/C25H21F4N7O2.CH2O2/c1-3-22(37)35-11-15(9-16(35)12-38-25(27,28)29)36-20-6-7-31-24(30)23(20)18(33-36)5-4-14-8-19-21(10-17(14)26)34(2)13-32-19;2-1-3/h3,6-8,10,13,15-16H,1,9,11-12H2,2H3,(H2,30,31);1H,(H,2,3)/t15-,16+;/m0./s1. The van der Waals surface area contributed by atoms with E-state index in [2.05, 4.69) is 38.2 Å². The molecule has 1 saturated heterocycles. The van der Waals surface area contributed by atoms with E-state index in [0.717, 1.165) is 6.08 Å². The van der Waals surface area contributed by atoms with Crippen LogP contribution in [0.4, 0.5) is 23.4 Å². The number of nitrogen functional groups attached to an aromatic ring is 1. The van der Waals surface area contributed by atoms with Gasteiger partial charge in [-0.1, -0.05) is 12.5 Å². The quantitative estimate of drug-likeness (QED) is 0.164. The third-order valence-corrected chi connectivity index (χ3v) is 6.41. The van der Waals surface area contributed by atoms with Crippen LogP contribution in [0.3, 0.4) is 0 Å². The Morgan fingerprint density at radius 1 is 1.29 bits per heavy atom. The smallest absolute Gasteiger partial charge is 0.483 e. The molecule has 11 nitrogen and oxygen atoms in total. The predicted octanol–water partition coefficient (Wildman–Crippen LogP) is 3.00. The van der Waals surface area contributed by atoms with Gasteiger partial charge in [-0.05, 0) is 30.6 Å². The summed E-state index contributed by atoms with van der Waals surface area (Å²) in [5.74, 6) is 4.70. The molecule has 2 atom stereocenters. The number of nitrogens with two attached hydrogens (primary N) is 1. The van der Waals surface area contributed by atoms with Crippen LogP contribution in [0, 0.1) is 17.7 Å². The Balaban J connectivity index is 0.00000124.